The second-order valence-corrected chi connectivity index (χ2v) is 8.45. The van der Waals surface area contributed by atoms with Gasteiger partial charge in [-0.25, -0.2) is 4.79 Å². The quantitative estimate of drug-likeness (QED) is 0.576. The number of carbonyl (C=O) groups excluding carboxylic acids is 1. The van der Waals surface area contributed by atoms with Crippen molar-refractivity contribution in [3.05, 3.63) is 52.4 Å². The summed E-state index contributed by atoms with van der Waals surface area (Å²) in [6.07, 6.45) is 0.993. The summed E-state index contributed by atoms with van der Waals surface area (Å²) in [5.41, 5.74) is 1.73. The van der Waals surface area contributed by atoms with E-state index in [-0.39, 0.29) is 18.2 Å². The molecule has 7 heteroatoms. The minimum absolute atomic E-state index is 0.116. The molecule has 0 aliphatic carbocycles. The van der Waals surface area contributed by atoms with Crippen LogP contribution in [0.2, 0.25) is 0 Å². The first kappa shape index (κ1) is 20.8. The highest BCUT2D eigenvalue weighted by molar-refractivity contribution is 7.80. The number of morpholine rings is 1. The molecule has 1 aliphatic rings. The SMILES string of the molecule is CCOC(=O)c1cc(Cc2ccccc2)sc1NC(=S)N1C[C@@H](C)O[C@H](C)C1. The van der Waals surface area contributed by atoms with Crippen LogP contribution >= 0.6 is 23.6 Å². The molecule has 1 aliphatic heterocycles. The Morgan fingerprint density at radius 1 is 1.29 bits per heavy atom. The van der Waals surface area contributed by atoms with Crippen LogP contribution in [0, 0.1) is 0 Å². The molecule has 0 saturated carbocycles. The molecule has 0 bridgehead atoms. The lowest BCUT2D eigenvalue weighted by molar-refractivity contribution is -0.0473. The second kappa shape index (κ2) is 9.49. The fraction of sp³-hybridized carbons (Fsp3) is 0.429. The van der Waals surface area contributed by atoms with E-state index < -0.39 is 0 Å². The summed E-state index contributed by atoms with van der Waals surface area (Å²) in [7, 11) is 0. The summed E-state index contributed by atoms with van der Waals surface area (Å²) in [6.45, 7) is 7.69. The number of nitrogens with zero attached hydrogens (tertiary/aromatic N) is 1. The van der Waals surface area contributed by atoms with Crippen LogP contribution in [-0.4, -0.2) is 47.9 Å². The Labute approximate surface area is 175 Å². The highest BCUT2D eigenvalue weighted by atomic mass is 32.1. The van der Waals surface area contributed by atoms with Gasteiger partial charge in [0.2, 0.25) is 0 Å². The number of hydrogen-bond acceptors (Lipinski definition) is 5. The number of carbonyl (C=O) groups is 1. The minimum Gasteiger partial charge on any atom is -0.462 e. The summed E-state index contributed by atoms with van der Waals surface area (Å²) in [4.78, 5) is 15.6. The van der Waals surface area contributed by atoms with Gasteiger partial charge in [-0.3, -0.25) is 0 Å². The number of rotatable bonds is 5. The molecule has 1 saturated heterocycles. The number of esters is 1. The van der Waals surface area contributed by atoms with Crippen molar-refractivity contribution in [3.63, 3.8) is 0 Å². The van der Waals surface area contributed by atoms with Gasteiger partial charge in [0.15, 0.2) is 5.11 Å². The Morgan fingerprint density at radius 3 is 2.61 bits per heavy atom. The van der Waals surface area contributed by atoms with Crippen LogP contribution in [-0.2, 0) is 15.9 Å². The van der Waals surface area contributed by atoms with Crippen LogP contribution in [0.3, 0.4) is 0 Å². The van der Waals surface area contributed by atoms with Gasteiger partial charge < -0.3 is 19.7 Å². The van der Waals surface area contributed by atoms with E-state index in [1.807, 2.05) is 45.0 Å². The lowest BCUT2D eigenvalue weighted by atomic mass is 10.1. The predicted molar refractivity (Wildman–Crippen MR) is 117 cm³/mol. The van der Waals surface area contributed by atoms with E-state index in [2.05, 4.69) is 22.3 Å². The Morgan fingerprint density at radius 2 is 1.96 bits per heavy atom. The predicted octanol–water partition coefficient (Wildman–Crippen LogP) is 4.32. The van der Waals surface area contributed by atoms with Crippen LogP contribution in [0.5, 0.6) is 0 Å². The average molecular weight is 419 g/mol. The molecule has 0 unspecified atom stereocenters. The van der Waals surface area contributed by atoms with E-state index in [4.69, 9.17) is 21.7 Å². The van der Waals surface area contributed by atoms with Crippen molar-refractivity contribution in [1.82, 2.24) is 4.90 Å². The summed E-state index contributed by atoms with van der Waals surface area (Å²) in [5.74, 6) is -0.327. The number of anilines is 1. The van der Waals surface area contributed by atoms with Crippen LogP contribution in [0.25, 0.3) is 0 Å². The third kappa shape index (κ3) is 5.31. The number of thiocarbonyl (C=S) groups is 1. The number of hydrogen-bond donors (Lipinski definition) is 1. The Balaban J connectivity index is 1.79. The largest absolute Gasteiger partial charge is 0.462 e. The fourth-order valence-corrected chi connectivity index (χ4v) is 4.69. The van der Waals surface area contributed by atoms with Gasteiger partial charge in [0.05, 0.1) is 24.4 Å². The maximum atomic E-state index is 12.5. The molecule has 28 heavy (non-hydrogen) atoms. The molecule has 2 heterocycles. The van der Waals surface area contributed by atoms with Crippen molar-refractivity contribution in [1.29, 1.82) is 0 Å². The van der Waals surface area contributed by atoms with Gasteiger partial charge in [-0.15, -0.1) is 11.3 Å². The van der Waals surface area contributed by atoms with Gasteiger partial charge in [0.25, 0.3) is 0 Å². The third-order valence-electron chi connectivity index (χ3n) is 4.43. The number of benzene rings is 1. The maximum Gasteiger partial charge on any atom is 0.341 e. The molecule has 1 N–H and O–H groups in total. The zero-order chi connectivity index (χ0) is 20.1. The van der Waals surface area contributed by atoms with Crippen molar-refractivity contribution in [3.8, 4) is 0 Å². The van der Waals surface area contributed by atoms with Crippen LogP contribution in [0.1, 0.15) is 41.6 Å². The lowest BCUT2D eigenvalue weighted by Crippen LogP contribution is -2.49. The standard InChI is InChI=1S/C21H26N2O3S2/c1-4-25-20(24)18-11-17(10-16-8-6-5-7-9-16)28-19(18)22-21(27)23-12-14(2)26-15(3)13-23/h5-9,11,14-15H,4,10,12-13H2,1-3H3,(H,22,27)/t14-,15-/m1/s1. The summed E-state index contributed by atoms with van der Waals surface area (Å²) < 4.78 is 11.0. The smallest absolute Gasteiger partial charge is 0.341 e. The van der Waals surface area contributed by atoms with Crippen molar-refractivity contribution >= 4 is 39.6 Å². The molecule has 150 valence electrons. The first-order valence-corrected chi connectivity index (χ1v) is 10.7. The van der Waals surface area contributed by atoms with E-state index >= 15 is 0 Å². The van der Waals surface area contributed by atoms with Crippen LogP contribution < -0.4 is 5.32 Å². The molecular formula is C21H26N2O3S2. The molecule has 5 nitrogen and oxygen atoms in total. The van der Waals surface area contributed by atoms with Crippen molar-refractivity contribution in [2.75, 3.05) is 25.0 Å². The number of ether oxygens (including phenoxy) is 2. The molecule has 0 spiro atoms. The molecule has 0 radical (unpaired) electrons. The van der Waals surface area contributed by atoms with Gasteiger partial charge in [0, 0.05) is 24.4 Å². The molecule has 3 rings (SSSR count). The van der Waals surface area contributed by atoms with E-state index in [9.17, 15) is 4.79 Å². The van der Waals surface area contributed by atoms with Crippen molar-refractivity contribution < 1.29 is 14.3 Å². The van der Waals surface area contributed by atoms with E-state index in [1.54, 1.807) is 11.3 Å². The Kier molecular flexibility index (Phi) is 7.04. The third-order valence-corrected chi connectivity index (χ3v) is 5.84. The average Bonchev–Trinajstić information content (AvgIpc) is 3.04. The topological polar surface area (TPSA) is 50.8 Å². The van der Waals surface area contributed by atoms with Crippen molar-refractivity contribution in [2.45, 2.75) is 39.4 Å². The summed E-state index contributed by atoms with van der Waals surface area (Å²) in [6, 6.07) is 12.1. The summed E-state index contributed by atoms with van der Waals surface area (Å²) >= 11 is 7.17. The zero-order valence-corrected chi connectivity index (χ0v) is 18.1. The highest BCUT2D eigenvalue weighted by Crippen LogP contribution is 2.31. The summed E-state index contributed by atoms with van der Waals surface area (Å²) in [5, 5.41) is 4.64. The molecule has 1 fully saturated rings. The second-order valence-electron chi connectivity index (χ2n) is 6.93. The molecule has 1 aromatic heterocycles. The maximum absolute atomic E-state index is 12.5. The van der Waals surface area contributed by atoms with Gasteiger partial charge >= 0.3 is 5.97 Å². The van der Waals surface area contributed by atoms with Crippen LogP contribution in [0.15, 0.2) is 36.4 Å². The first-order valence-electron chi connectivity index (χ1n) is 9.51. The molecule has 1 aromatic carbocycles. The molecular weight excluding hydrogens is 392 g/mol. The van der Waals surface area contributed by atoms with Gasteiger partial charge in [0.1, 0.15) is 5.00 Å². The molecule has 2 aromatic rings. The molecule has 0 amide bonds. The monoisotopic (exact) mass is 418 g/mol. The Hall–Kier alpha value is -1.96. The highest BCUT2D eigenvalue weighted by Gasteiger charge is 2.25. The Bertz CT molecular complexity index is 812. The molecule has 2 atom stereocenters. The zero-order valence-electron chi connectivity index (χ0n) is 16.4. The number of thiophene rings is 1. The van der Waals surface area contributed by atoms with Gasteiger partial charge in [-0.1, -0.05) is 30.3 Å². The minimum atomic E-state index is -0.327. The van der Waals surface area contributed by atoms with Gasteiger partial charge in [-0.05, 0) is 44.6 Å². The van der Waals surface area contributed by atoms with Crippen LogP contribution in [0.4, 0.5) is 5.00 Å². The van der Waals surface area contributed by atoms with E-state index in [1.165, 1.54) is 5.56 Å². The fourth-order valence-electron chi connectivity index (χ4n) is 3.30. The van der Waals surface area contributed by atoms with Crippen molar-refractivity contribution in [2.24, 2.45) is 0 Å². The first-order chi connectivity index (χ1) is 13.5. The number of nitrogens with one attached hydrogen (secondary N) is 1. The van der Waals surface area contributed by atoms with E-state index in [0.29, 0.717) is 17.3 Å². The normalized spacial score (nSPS) is 19.3. The van der Waals surface area contributed by atoms with E-state index in [0.717, 1.165) is 29.4 Å². The van der Waals surface area contributed by atoms with Gasteiger partial charge in [-0.2, -0.15) is 0 Å². The lowest BCUT2D eigenvalue weighted by Gasteiger charge is -2.36.